The quantitative estimate of drug-likeness (QED) is 0.594. The van der Waals surface area contributed by atoms with Gasteiger partial charge >= 0.3 is 0 Å². The molecule has 3 rings (SSSR count). The summed E-state index contributed by atoms with van der Waals surface area (Å²) >= 11 is 0. The molecule has 0 bridgehead atoms. The molecule has 5 heteroatoms. The molecule has 18 heavy (non-hydrogen) atoms. The number of para-hydroxylation sites is 2. The fourth-order valence-electron chi connectivity index (χ4n) is 1.72. The third-order valence-electron chi connectivity index (χ3n) is 2.55. The van der Waals surface area contributed by atoms with Crippen molar-refractivity contribution >= 4 is 26.2 Å². The van der Waals surface area contributed by atoms with Crippen molar-refractivity contribution in [1.82, 2.24) is 0 Å². The molecule has 0 spiro atoms. The standard InChI is InChI=1S/C13H10N2O2.B/c16-13-12(7-9-5-6-14-8-9)17-11-4-2-1-3-10(11)15-13;/h1-5,7-8H,6H2,(H,15,16);. The number of hydrogen-bond donors (Lipinski definition) is 1. The highest BCUT2D eigenvalue weighted by atomic mass is 16.5. The molecule has 1 aromatic rings. The van der Waals surface area contributed by atoms with E-state index in [1.165, 1.54) is 0 Å². The minimum Gasteiger partial charge on any atom is -0.449 e. The lowest BCUT2D eigenvalue weighted by Crippen LogP contribution is -2.23. The summed E-state index contributed by atoms with van der Waals surface area (Å²) < 4.78 is 5.55. The Kier molecular flexibility index (Phi) is 3.32. The van der Waals surface area contributed by atoms with Gasteiger partial charge in [-0.15, -0.1) is 0 Å². The Hall–Kier alpha value is -2.30. The van der Waals surface area contributed by atoms with E-state index < -0.39 is 0 Å². The van der Waals surface area contributed by atoms with Gasteiger partial charge in [-0.3, -0.25) is 9.79 Å². The number of aliphatic imine (C=N–C) groups is 1. The molecular formula is C13H10BN2O2. The molecule has 0 fully saturated rings. The first-order chi connectivity index (χ1) is 8.33. The fraction of sp³-hybridized carbons (Fsp3) is 0.0769. The van der Waals surface area contributed by atoms with Crippen LogP contribution in [0.15, 0.2) is 52.7 Å². The van der Waals surface area contributed by atoms with E-state index in [0.29, 0.717) is 23.7 Å². The number of anilines is 1. The fourth-order valence-corrected chi connectivity index (χ4v) is 1.72. The third kappa shape index (κ3) is 2.20. The molecule has 0 saturated heterocycles. The average Bonchev–Trinajstić information content (AvgIpc) is 2.83. The lowest BCUT2D eigenvalue weighted by Gasteiger charge is -2.19. The lowest BCUT2D eigenvalue weighted by atomic mass is 10.2. The number of carbonyl (C=O) groups excluding carboxylic acids is 1. The van der Waals surface area contributed by atoms with E-state index in [-0.39, 0.29) is 14.3 Å². The van der Waals surface area contributed by atoms with Crippen molar-refractivity contribution in [1.29, 1.82) is 0 Å². The van der Waals surface area contributed by atoms with Crippen LogP contribution in [0.2, 0.25) is 0 Å². The van der Waals surface area contributed by atoms with Crippen LogP contribution in [0.1, 0.15) is 0 Å². The number of carbonyl (C=O) groups is 1. The van der Waals surface area contributed by atoms with E-state index in [2.05, 4.69) is 10.3 Å². The Morgan fingerprint density at radius 3 is 2.94 bits per heavy atom. The summed E-state index contributed by atoms with van der Waals surface area (Å²) in [5.74, 6) is 0.724. The summed E-state index contributed by atoms with van der Waals surface area (Å²) in [5.41, 5.74) is 1.60. The normalized spacial score (nSPS) is 18.6. The van der Waals surface area contributed by atoms with Crippen LogP contribution in [0.25, 0.3) is 0 Å². The second-order valence-corrected chi connectivity index (χ2v) is 3.76. The molecule has 0 unspecified atom stereocenters. The maximum atomic E-state index is 11.8. The lowest BCUT2D eigenvalue weighted by molar-refractivity contribution is -0.115. The van der Waals surface area contributed by atoms with Crippen molar-refractivity contribution in [3.8, 4) is 5.75 Å². The van der Waals surface area contributed by atoms with Gasteiger partial charge < -0.3 is 10.1 Å². The average molecular weight is 237 g/mol. The van der Waals surface area contributed by atoms with Gasteiger partial charge in [0, 0.05) is 14.6 Å². The molecule has 1 amide bonds. The van der Waals surface area contributed by atoms with Gasteiger partial charge in [0.2, 0.25) is 0 Å². The molecule has 1 N–H and O–H groups in total. The van der Waals surface area contributed by atoms with Crippen molar-refractivity contribution in [3.05, 3.63) is 47.7 Å². The number of nitrogens with one attached hydrogen (secondary N) is 1. The first-order valence-corrected chi connectivity index (χ1v) is 5.33. The van der Waals surface area contributed by atoms with Crippen LogP contribution in [0.5, 0.6) is 5.75 Å². The molecular weight excluding hydrogens is 227 g/mol. The SMILES string of the molecule is O=C1Nc2ccccc2OC1=CC1=CCN=C1.[B]. The minimum absolute atomic E-state index is 0. The highest BCUT2D eigenvalue weighted by Gasteiger charge is 2.21. The summed E-state index contributed by atoms with van der Waals surface area (Å²) in [5, 5.41) is 2.78. The van der Waals surface area contributed by atoms with Gasteiger partial charge in [-0.25, -0.2) is 0 Å². The molecule has 1 aromatic carbocycles. The van der Waals surface area contributed by atoms with Crippen molar-refractivity contribution in [2.45, 2.75) is 0 Å². The molecule has 3 radical (unpaired) electrons. The summed E-state index contributed by atoms with van der Waals surface area (Å²) in [6, 6.07) is 7.34. The molecule has 0 aliphatic carbocycles. The Balaban J connectivity index is 0.00000120. The van der Waals surface area contributed by atoms with Crippen LogP contribution < -0.4 is 10.1 Å². The van der Waals surface area contributed by atoms with E-state index in [4.69, 9.17) is 4.74 Å². The minimum atomic E-state index is -0.232. The van der Waals surface area contributed by atoms with Gasteiger partial charge in [-0.1, -0.05) is 18.2 Å². The van der Waals surface area contributed by atoms with Crippen LogP contribution in [0.3, 0.4) is 0 Å². The van der Waals surface area contributed by atoms with Crippen molar-refractivity contribution in [2.75, 3.05) is 11.9 Å². The first kappa shape index (κ1) is 12.2. The van der Waals surface area contributed by atoms with Crippen molar-refractivity contribution < 1.29 is 9.53 Å². The predicted octanol–water partition coefficient (Wildman–Crippen LogP) is 1.53. The van der Waals surface area contributed by atoms with Crippen LogP contribution >= 0.6 is 0 Å². The van der Waals surface area contributed by atoms with Gasteiger partial charge in [-0.05, 0) is 23.8 Å². The Morgan fingerprint density at radius 2 is 2.17 bits per heavy atom. The molecule has 0 aromatic heterocycles. The smallest absolute Gasteiger partial charge is 0.291 e. The number of benzene rings is 1. The number of fused-ring (bicyclic) bond motifs is 1. The van der Waals surface area contributed by atoms with E-state index in [1.807, 2.05) is 24.3 Å². The van der Waals surface area contributed by atoms with Crippen LogP contribution in [-0.2, 0) is 4.79 Å². The van der Waals surface area contributed by atoms with Gasteiger partial charge in [-0.2, -0.15) is 0 Å². The van der Waals surface area contributed by atoms with E-state index in [1.54, 1.807) is 18.4 Å². The Morgan fingerprint density at radius 1 is 1.33 bits per heavy atom. The molecule has 2 aliphatic rings. The first-order valence-electron chi connectivity index (χ1n) is 5.33. The van der Waals surface area contributed by atoms with Gasteiger partial charge in [0.25, 0.3) is 5.91 Å². The maximum Gasteiger partial charge on any atom is 0.291 e. The summed E-state index contributed by atoms with van der Waals surface area (Å²) in [7, 11) is 0. The van der Waals surface area contributed by atoms with Crippen LogP contribution in [0, 0.1) is 0 Å². The summed E-state index contributed by atoms with van der Waals surface area (Å²) in [4.78, 5) is 15.8. The monoisotopic (exact) mass is 237 g/mol. The zero-order chi connectivity index (χ0) is 11.7. The van der Waals surface area contributed by atoms with E-state index in [0.717, 1.165) is 5.57 Å². The molecule has 0 atom stereocenters. The predicted molar refractivity (Wildman–Crippen MR) is 71.0 cm³/mol. The number of nitrogens with zero attached hydrogens (tertiary/aromatic N) is 1. The van der Waals surface area contributed by atoms with Crippen molar-refractivity contribution in [2.24, 2.45) is 4.99 Å². The zero-order valence-electron chi connectivity index (χ0n) is 9.59. The number of ether oxygens (including phenoxy) is 1. The van der Waals surface area contributed by atoms with Gasteiger partial charge in [0.15, 0.2) is 11.5 Å². The molecule has 0 saturated carbocycles. The largest absolute Gasteiger partial charge is 0.449 e. The number of allylic oxidation sites excluding steroid dienone is 2. The topological polar surface area (TPSA) is 50.7 Å². The molecule has 2 aliphatic heterocycles. The highest BCUT2D eigenvalue weighted by molar-refractivity contribution is 6.06. The summed E-state index contributed by atoms with van der Waals surface area (Å²) in [6.07, 6.45) is 5.36. The van der Waals surface area contributed by atoms with Crippen molar-refractivity contribution in [3.63, 3.8) is 0 Å². The van der Waals surface area contributed by atoms with Crippen LogP contribution in [0.4, 0.5) is 5.69 Å². The second-order valence-electron chi connectivity index (χ2n) is 3.76. The third-order valence-corrected chi connectivity index (χ3v) is 2.55. The molecule has 4 nitrogen and oxygen atoms in total. The van der Waals surface area contributed by atoms with E-state index >= 15 is 0 Å². The molecule has 87 valence electrons. The maximum absolute atomic E-state index is 11.8. The Bertz CT molecular complexity index is 576. The number of hydrogen-bond acceptors (Lipinski definition) is 3. The zero-order valence-corrected chi connectivity index (χ0v) is 9.59. The van der Waals surface area contributed by atoms with Gasteiger partial charge in [0.1, 0.15) is 0 Å². The number of rotatable bonds is 1. The second kappa shape index (κ2) is 4.92. The molecule has 2 heterocycles. The van der Waals surface area contributed by atoms with Crippen LogP contribution in [-0.4, -0.2) is 27.1 Å². The van der Waals surface area contributed by atoms with E-state index in [9.17, 15) is 4.79 Å². The highest BCUT2D eigenvalue weighted by Crippen LogP contribution is 2.30. The number of amides is 1. The summed E-state index contributed by atoms with van der Waals surface area (Å²) in [6.45, 7) is 0.664. The Labute approximate surface area is 107 Å². The van der Waals surface area contributed by atoms with Gasteiger partial charge in [0.05, 0.1) is 12.2 Å².